The summed E-state index contributed by atoms with van der Waals surface area (Å²) in [4.78, 5) is 12.9. The van der Waals surface area contributed by atoms with Gasteiger partial charge in [0.15, 0.2) is 5.82 Å². The molecule has 4 nitrogen and oxygen atoms in total. The van der Waals surface area contributed by atoms with Gasteiger partial charge in [0, 0.05) is 23.8 Å². The number of hydrogen-bond acceptors (Lipinski definition) is 4. The number of rotatable bonds is 4. The van der Waals surface area contributed by atoms with Crippen molar-refractivity contribution >= 4 is 29.0 Å². The van der Waals surface area contributed by atoms with Crippen LogP contribution in [0.1, 0.15) is 5.56 Å². The van der Waals surface area contributed by atoms with Gasteiger partial charge >= 0.3 is 0 Å². The van der Waals surface area contributed by atoms with Gasteiger partial charge < -0.3 is 5.32 Å². The minimum absolute atomic E-state index is 0.359. The summed E-state index contributed by atoms with van der Waals surface area (Å²) < 4.78 is 0. The lowest BCUT2D eigenvalue weighted by molar-refractivity contribution is 1.08. The van der Waals surface area contributed by atoms with Crippen molar-refractivity contribution in [2.45, 2.75) is 6.54 Å². The number of nitrogens with zero attached hydrogens (tertiary/aromatic N) is 3. The third kappa shape index (κ3) is 3.53. The smallest absolute Gasteiger partial charge is 0.181 e. The molecule has 0 atom stereocenters. The van der Waals surface area contributed by atoms with Crippen LogP contribution in [0, 0.1) is 0 Å². The van der Waals surface area contributed by atoms with Crippen LogP contribution in [0.2, 0.25) is 10.2 Å². The predicted octanol–water partition coefficient (Wildman–Crippen LogP) is 4.46. The Kier molecular flexibility index (Phi) is 4.51. The number of anilines is 1. The summed E-state index contributed by atoms with van der Waals surface area (Å²) in [5.74, 6) is 1.11. The minimum atomic E-state index is 0.359. The molecular formula is C16H12Cl2N4. The second-order valence-corrected chi connectivity index (χ2v) is 5.35. The Morgan fingerprint density at radius 3 is 2.55 bits per heavy atom. The molecule has 2 aromatic heterocycles. The average molecular weight is 331 g/mol. The van der Waals surface area contributed by atoms with E-state index in [0.717, 1.165) is 5.56 Å². The standard InChI is InChI=1S/C16H12Cl2N4/c17-12-6-2-1-5-11(12)10-20-15-9-14(18)21-16(22-15)13-7-3-4-8-19-13/h1-9H,10H2,(H,20,21,22). The molecule has 0 bridgehead atoms. The van der Waals surface area contributed by atoms with Crippen LogP contribution in [-0.2, 0) is 6.54 Å². The number of hydrogen-bond donors (Lipinski definition) is 1. The van der Waals surface area contributed by atoms with Gasteiger partial charge in [-0.25, -0.2) is 9.97 Å². The number of benzene rings is 1. The van der Waals surface area contributed by atoms with E-state index in [9.17, 15) is 0 Å². The second-order valence-electron chi connectivity index (χ2n) is 4.56. The summed E-state index contributed by atoms with van der Waals surface area (Å²) in [6.45, 7) is 0.550. The molecule has 1 N–H and O–H groups in total. The summed E-state index contributed by atoms with van der Waals surface area (Å²) in [5, 5.41) is 4.27. The van der Waals surface area contributed by atoms with Gasteiger partial charge in [-0.2, -0.15) is 0 Å². The molecule has 0 saturated carbocycles. The molecule has 2 heterocycles. The first-order chi connectivity index (χ1) is 10.7. The molecular weight excluding hydrogens is 319 g/mol. The van der Waals surface area contributed by atoms with Crippen LogP contribution in [0.15, 0.2) is 54.7 Å². The fraction of sp³-hybridized carbons (Fsp3) is 0.0625. The molecule has 3 aromatic rings. The molecule has 0 spiro atoms. The first-order valence-corrected chi connectivity index (χ1v) is 7.41. The fourth-order valence-corrected chi connectivity index (χ4v) is 2.33. The summed E-state index contributed by atoms with van der Waals surface area (Å²) in [6, 6.07) is 14.9. The Morgan fingerprint density at radius 1 is 0.955 bits per heavy atom. The highest BCUT2D eigenvalue weighted by Gasteiger charge is 2.07. The van der Waals surface area contributed by atoms with Crippen molar-refractivity contribution in [2.75, 3.05) is 5.32 Å². The molecule has 0 fully saturated rings. The van der Waals surface area contributed by atoms with Crippen molar-refractivity contribution in [1.82, 2.24) is 15.0 Å². The summed E-state index contributed by atoms with van der Waals surface area (Å²) in [5.41, 5.74) is 1.66. The van der Waals surface area contributed by atoms with Crippen molar-refractivity contribution in [3.63, 3.8) is 0 Å². The molecule has 0 radical (unpaired) electrons. The SMILES string of the molecule is Clc1cc(NCc2ccccc2Cl)nc(-c2ccccn2)n1. The summed E-state index contributed by atoms with van der Waals surface area (Å²) >= 11 is 12.2. The predicted molar refractivity (Wildman–Crippen MR) is 89.1 cm³/mol. The topological polar surface area (TPSA) is 50.7 Å². The molecule has 0 aliphatic heterocycles. The van der Waals surface area contributed by atoms with E-state index in [1.54, 1.807) is 12.3 Å². The van der Waals surface area contributed by atoms with Crippen molar-refractivity contribution in [1.29, 1.82) is 0 Å². The van der Waals surface area contributed by atoms with E-state index >= 15 is 0 Å². The van der Waals surface area contributed by atoms with E-state index in [0.29, 0.717) is 34.1 Å². The maximum atomic E-state index is 6.14. The second kappa shape index (κ2) is 6.73. The third-order valence-corrected chi connectivity index (χ3v) is 3.57. The minimum Gasteiger partial charge on any atom is -0.366 e. The van der Waals surface area contributed by atoms with Crippen LogP contribution >= 0.6 is 23.2 Å². The number of nitrogens with one attached hydrogen (secondary N) is 1. The molecule has 0 aliphatic rings. The highest BCUT2D eigenvalue weighted by atomic mass is 35.5. The highest BCUT2D eigenvalue weighted by Crippen LogP contribution is 2.20. The molecule has 0 aliphatic carbocycles. The van der Waals surface area contributed by atoms with E-state index in [1.807, 2.05) is 42.5 Å². The quantitative estimate of drug-likeness (QED) is 0.717. The van der Waals surface area contributed by atoms with Crippen molar-refractivity contribution < 1.29 is 0 Å². The van der Waals surface area contributed by atoms with Crippen LogP contribution < -0.4 is 5.32 Å². The monoisotopic (exact) mass is 330 g/mol. The molecule has 110 valence electrons. The fourth-order valence-electron chi connectivity index (χ4n) is 1.95. The van der Waals surface area contributed by atoms with Gasteiger partial charge in [-0.3, -0.25) is 4.98 Å². The Balaban J connectivity index is 1.83. The largest absolute Gasteiger partial charge is 0.366 e. The summed E-state index contributed by atoms with van der Waals surface area (Å²) in [6.07, 6.45) is 1.69. The normalized spacial score (nSPS) is 10.5. The Morgan fingerprint density at radius 2 is 1.77 bits per heavy atom. The van der Waals surface area contributed by atoms with E-state index in [4.69, 9.17) is 23.2 Å². The van der Waals surface area contributed by atoms with Gasteiger partial charge in [0.1, 0.15) is 16.7 Å². The molecule has 3 rings (SSSR count). The molecule has 6 heteroatoms. The van der Waals surface area contributed by atoms with Gasteiger partial charge in [-0.15, -0.1) is 0 Å². The first kappa shape index (κ1) is 14.8. The van der Waals surface area contributed by atoms with Crippen molar-refractivity contribution in [3.8, 4) is 11.5 Å². The lowest BCUT2D eigenvalue weighted by Crippen LogP contribution is -2.04. The Bertz CT molecular complexity index is 778. The van der Waals surface area contributed by atoms with Crippen LogP contribution in [0.3, 0.4) is 0 Å². The van der Waals surface area contributed by atoms with Gasteiger partial charge in [0.2, 0.25) is 0 Å². The Hall–Kier alpha value is -2.17. The zero-order valence-electron chi connectivity index (χ0n) is 11.5. The maximum Gasteiger partial charge on any atom is 0.181 e. The highest BCUT2D eigenvalue weighted by molar-refractivity contribution is 6.31. The maximum absolute atomic E-state index is 6.14. The van der Waals surface area contributed by atoms with Gasteiger partial charge in [-0.1, -0.05) is 47.5 Å². The molecule has 1 aromatic carbocycles. The Labute approximate surface area is 138 Å². The lowest BCUT2D eigenvalue weighted by Gasteiger charge is -2.09. The van der Waals surface area contributed by atoms with Crippen LogP contribution in [-0.4, -0.2) is 15.0 Å². The van der Waals surface area contributed by atoms with Gasteiger partial charge in [-0.05, 0) is 23.8 Å². The van der Waals surface area contributed by atoms with Gasteiger partial charge in [0.05, 0.1) is 0 Å². The third-order valence-electron chi connectivity index (χ3n) is 3.01. The first-order valence-electron chi connectivity index (χ1n) is 6.65. The van der Waals surface area contributed by atoms with Crippen molar-refractivity contribution in [2.24, 2.45) is 0 Å². The zero-order chi connectivity index (χ0) is 15.4. The van der Waals surface area contributed by atoms with E-state index < -0.39 is 0 Å². The average Bonchev–Trinajstić information content (AvgIpc) is 2.54. The van der Waals surface area contributed by atoms with Crippen molar-refractivity contribution in [3.05, 3.63) is 70.5 Å². The molecule has 0 unspecified atom stereocenters. The van der Waals surface area contributed by atoms with Crippen LogP contribution in [0.4, 0.5) is 5.82 Å². The number of aromatic nitrogens is 3. The molecule has 0 saturated heterocycles. The lowest BCUT2D eigenvalue weighted by atomic mass is 10.2. The van der Waals surface area contributed by atoms with E-state index in [1.165, 1.54) is 0 Å². The van der Waals surface area contributed by atoms with E-state index in [-0.39, 0.29) is 0 Å². The van der Waals surface area contributed by atoms with Crippen LogP contribution in [0.5, 0.6) is 0 Å². The van der Waals surface area contributed by atoms with E-state index in [2.05, 4.69) is 20.3 Å². The van der Waals surface area contributed by atoms with Crippen LogP contribution in [0.25, 0.3) is 11.5 Å². The summed E-state index contributed by atoms with van der Waals surface area (Å²) in [7, 11) is 0. The van der Waals surface area contributed by atoms with Gasteiger partial charge in [0.25, 0.3) is 0 Å². The number of pyridine rings is 1. The molecule has 0 amide bonds. The molecule has 22 heavy (non-hydrogen) atoms. The number of halogens is 2. The zero-order valence-corrected chi connectivity index (χ0v) is 13.0.